The van der Waals surface area contributed by atoms with E-state index in [9.17, 15) is 0 Å². The summed E-state index contributed by atoms with van der Waals surface area (Å²) < 4.78 is 0.891. The molecule has 1 heterocycles. The molecule has 0 bridgehead atoms. The summed E-state index contributed by atoms with van der Waals surface area (Å²) in [6.07, 6.45) is 4.67. The smallest absolute Gasteiger partial charge is 0.151 e. The predicted molar refractivity (Wildman–Crippen MR) is 70.6 cm³/mol. The Labute approximate surface area is 105 Å². The number of hydrogen-bond acceptors (Lipinski definition) is 4. The van der Waals surface area contributed by atoms with Crippen molar-refractivity contribution >= 4 is 27.4 Å². The Balaban J connectivity index is 2.49. The van der Waals surface area contributed by atoms with Gasteiger partial charge in [0, 0.05) is 30.9 Å². The second kappa shape index (κ2) is 6.70. The van der Waals surface area contributed by atoms with E-state index in [-0.39, 0.29) is 6.61 Å². The van der Waals surface area contributed by atoms with Gasteiger partial charge in [0.25, 0.3) is 0 Å². The van der Waals surface area contributed by atoms with E-state index in [1.807, 2.05) is 18.0 Å². The molecule has 0 aliphatic carbocycles. The first-order chi connectivity index (χ1) is 7.65. The van der Waals surface area contributed by atoms with Crippen molar-refractivity contribution in [2.45, 2.75) is 19.3 Å². The van der Waals surface area contributed by atoms with E-state index in [1.54, 1.807) is 6.20 Å². The van der Waals surface area contributed by atoms with Crippen LogP contribution in [-0.4, -0.2) is 30.3 Å². The normalized spacial score (nSPS) is 10.4. The number of aliphatic hydroxyl groups excluding tert-OH is 1. The van der Waals surface area contributed by atoms with Gasteiger partial charge in [0.2, 0.25) is 0 Å². The molecule has 1 aromatic heterocycles. The van der Waals surface area contributed by atoms with E-state index in [0.29, 0.717) is 5.69 Å². The molecule has 0 saturated heterocycles. The number of rotatable bonds is 6. The molecule has 3 N–H and O–H groups in total. The molecule has 0 aromatic carbocycles. The van der Waals surface area contributed by atoms with Crippen LogP contribution in [0, 0.1) is 0 Å². The van der Waals surface area contributed by atoms with Crippen LogP contribution in [0.4, 0.5) is 11.5 Å². The van der Waals surface area contributed by atoms with Crippen LogP contribution in [0.25, 0.3) is 0 Å². The molecule has 16 heavy (non-hydrogen) atoms. The molecule has 0 radical (unpaired) electrons. The Morgan fingerprint density at radius 2 is 2.19 bits per heavy atom. The molecule has 0 unspecified atom stereocenters. The van der Waals surface area contributed by atoms with Crippen LogP contribution >= 0.6 is 15.9 Å². The summed E-state index contributed by atoms with van der Waals surface area (Å²) in [5, 5.41) is 8.67. The molecule has 5 heteroatoms. The van der Waals surface area contributed by atoms with Gasteiger partial charge in [0.1, 0.15) is 0 Å². The fourth-order valence-corrected chi connectivity index (χ4v) is 1.86. The third kappa shape index (κ3) is 3.98. The molecule has 0 atom stereocenters. The van der Waals surface area contributed by atoms with Gasteiger partial charge in [-0.1, -0.05) is 0 Å². The van der Waals surface area contributed by atoms with Crippen LogP contribution < -0.4 is 10.6 Å². The Bertz CT molecular complexity index is 333. The van der Waals surface area contributed by atoms with E-state index in [0.717, 1.165) is 36.1 Å². The summed E-state index contributed by atoms with van der Waals surface area (Å²) in [5.74, 6) is 0.812. The monoisotopic (exact) mass is 287 g/mol. The zero-order valence-electron chi connectivity index (χ0n) is 9.49. The first-order valence-corrected chi connectivity index (χ1v) is 6.17. The number of pyridine rings is 1. The molecule has 0 aliphatic rings. The van der Waals surface area contributed by atoms with Crippen LogP contribution in [0.2, 0.25) is 0 Å². The Morgan fingerprint density at radius 1 is 1.44 bits per heavy atom. The summed E-state index contributed by atoms with van der Waals surface area (Å²) in [6, 6.07) is 1.85. The molecule has 0 spiro atoms. The molecule has 1 rings (SSSR count). The number of nitrogens with two attached hydrogens (primary N) is 1. The summed E-state index contributed by atoms with van der Waals surface area (Å²) in [7, 11) is 1.98. The Hall–Kier alpha value is -0.810. The van der Waals surface area contributed by atoms with Crippen molar-refractivity contribution in [3.8, 4) is 0 Å². The van der Waals surface area contributed by atoms with E-state index >= 15 is 0 Å². The van der Waals surface area contributed by atoms with Gasteiger partial charge < -0.3 is 15.7 Å². The highest BCUT2D eigenvalue weighted by molar-refractivity contribution is 9.10. The van der Waals surface area contributed by atoms with Crippen molar-refractivity contribution in [2.75, 3.05) is 30.8 Å². The highest BCUT2D eigenvalue weighted by atomic mass is 79.9. The summed E-state index contributed by atoms with van der Waals surface area (Å²) in [4.78, 5) is 6.32. The first-order valence-electron chi connectivity index (χ1n) is 5.38. The van der Waals surface area contributed by atoms with Crippen LogP contribution in [0.15, 0.2) is 16.7 Å². The van der Waals surface area contributed by atoms with Gasteiger partial charge in [0.15, 0.2) is 5.82 Å². The van der Waals surface area contributed by atoms with Crippen molar-refractivity contribution in [1.29, 1.82) is 0 Å². The average Bonchev–Trinajstić information content (AvgIpc) is 2.24. The maximum absolute atomic E-state index is 8.67. The van der Waals surface area contributed by atoms with Gasteiger partial charge in [0.05, 0.1) is 5.69 Å². The standard InChI is InChI=1S/C11H18BrN3O/c1-15(5-3-2-4-6-16)11-10(13)7-9(12)8-14-11/h7-8,16H,2-6,13H2,1H3. The van der Waals surface area contributed by atoms with Gasteiger partial charge in [-0.2, -0.15) is 0 Å². The van der Waals surface area contributed by atoms with Crippen LogP contribution in [0.3, 0.4) is 0 Å². The lowest BCUT2D eigenvalue weighted by Crippen LogP contribution is -2.21. The molecular weight excluding hydrogens is 270 g/mol. The Kier molecular flexibility index (Phi) is 5.55. The number of hydrogen-bond donors (Lipinski definition) is 2. The number of unbranched alkanes of at least 4 members (excludes halogenated alkanes) is 2. The van der Waals surface area contributed by atoms with Crippen LogP contribution in [0.1, 0.15) is 19.3 Å². The second-order valence-electron chi connectivity index (χ2n) is 3.77. The van der Waals surface area contributed by atoms with E-state index in [2.05, 4.69) is 20.9 Å². The third-order valence-corrected chi connectivity index (χ3v) is 2.81. The number of nitrogens with zero attached hydrogens (tertiary/aromatic N) is 2. The van der Waals surface area contributed by atoms with Crippen molar-refractivity contribution in [3.63, 3.8) is 0 Å². The number of anilines is 2. The molecule has 0 amide bonds. The summed E-state index contributed by atoms with van der Waals surface area (Å²) in [6.45, 7) is 1.17. The molecule has 0 saturated carbocycles. The fraction of sp³-hybridized carbons (Fsp3) is 0.545. The summed E-state index contributed by atoms with van der Waals surface area (Å²) in [5.41, 5.74) is 6.56. The number of aliphatic hydroxyl groups is 1. The largest absolute Gasteiger partial charge is 0.396 e. The second-order valence-corrected chi connectivity index (χ2v) is 4.69. The minimum absolute atomic E-state index is 0.266. The number of nitrogen functional groups attached to an aromatic ring is 1. The zero-order chi connectivity index (χ0) is 12.0. The lowest BCUT2D eigenvalue weighted by Gasteiger charge is -2.19. The van der Waals surface area contributed by atoms with Gasteiger partial charge >= 0.3 is 0 Å². The third-order valence-electron chi connectivity index (χ3n) is 2.37. The molecule has 4 nitrogen and oxygen atoms in total. The molecule has 1 aromatic rings. The van der Waals surface area contributed by atoms with E-state index in [1.165, 1.54) is 0 Å². The molecule has 90 valence electrons. The maximum Gasteiger partial charge on any atom is 0.151 e. The minimum atomic E-state index is 0.266. The predicted octanol–water partition coefficient (Wildman–Crippen LogP) is 2.03. The molecule has 0 aliphatic heterocycles. The van der Waals surface area contributed by atoms with Crippen molar-refractivity contribution in [3.05, 3.63) is 16.7 Å². The zero-order valence-corrected chi connectivity index (χ0v) is 11.1. The van der Waals surface area contributed by atoms with E-state index in [4.69, 9.17) is 10.8 Å². The SMILES string of the molecule is CN(CCCCCO)c1ncc(Br)cc1N. The minimum Gasteiger partial charge on any atom is -0.396 e. The number of halogens is 1. The van der Waals surface area contributed by atoms with Crippen molar-refractivity contribution < 1.29 is 5.11 Å². The average molecular weight is 288 g/mol. The fourth-order valence-electron chi connectivity index (χ4n) is 1.51. The van der Waals surface area contributed by atoms with Crippen LogP contribution in [-0.2, 0) is 0 Å². The van der Waals surface area contributed by atoms with Gasteiger partial charge in [-0.15, -0.1) is 0 Å². The highest BCUT2D eigenvalue weighted by Gasteiger charge is 2.06. The van der Waals surface area contributed by atoms with Gasteiger partial charge in [-0.25, -0.2) is 4.98 Å². The topological polar surface area (TPSA) is 62.4 Å². The quantitative estimate of drug-likeness (QED) is 0.786. The maximum atomic E-state index is 8.67. The van der Waals surface area contributed by atoms with Crippen molar-refractivity contribution in [2.24, 2.45) is 0 Å². The molecular formula is C11H18BrN3O. The van der Waals surface area contributed by atoms with Gasteiger partial charge in [-0.05, 0) is 41.3 Å². The van der Waals surface area contributed by atoms with E-state index < -0.39 is 0 Å². The van der Waals surface area contributed by atoms with Gasteiger partial charge in [-0.3, -0.25) is 0 Å². The lowest BCUT2D eigenvalue weighted by molar-refractivity contribution is 0.283. The number of aromatic nitrogens is 1. The lowest BCUT2D eigenvalue weighted by atomic mass is 10.2. The van der Waals surface area contributed by atoms with Crippen molar-refractivity contribution in [1.82, 2.24) is 4.98 Å². The summed E-state index contributed by atoms with van der Waals surface area (Å²) >= 11 is 3.33. The van der Waals surface area contributed by atoms with Crippen LogP contribution in [0.5, 0.6) is 0 Å². The highest BCUT2D eigenvalue weighted by Crippen LogP contribution is 2.22. The molecule has 0 fully saturated rings. The first kappa shape index (κ1) is 13.3. The Morgan fingerprint density at radius 3 is 2.81 bits per heavy atom.